The Labute approximate surface area is 223 Å². The third kappa shape index (κ3) is 5.36. The second-order valence-electron chi connectivity index (χ2n) is 7.57. The van der Waals surface area contributed by atoms with Gasteiger partial charge in [-0.15, -0.1) is 11.3 Å². The number of aromatic nitrogens is 1. The fourth-order valence-electron chi connectivity index (χ4n) is 3.35. The third-order valence-electron chi connectivity index (χ3n) is 5.32. The molecule has 1 saturated carbocycles. The van der Waals surface area contributed by atoms with Crippen molar-refractivity contribution in [3.63, 3.8) is 0 Å². The fraction of sp³-hybridized carbons (Fsp3) is 0.500. The summed E-state index contributed by atoms with van der Waals surface area (Å²) < 4.78 is 37.6. The number of rotatable bonds is 9. The van der Waals surface area contributed by atoms with Gasteiger partial charge in [-0.2, -0.15) is 8.42 Å². The number of anilines is 1. The van der Waals surface area contributed by atoms with Crippen LogP contribution in [-0.4, -0.2) is 94.1 Å². The van der Waals surface area contributed by atoms with Crippen LogP contribution < -0.4 is 45.7 Å². The standard InChI is InChI=1S/C16H18N6O10S2.Na/c17-14-18-7(6-33-14)9(20-32-16(1-2-16)13(25)26)11(23)19-10-8(5-21-3-4-31-15(21)27)22(12(10)24)34(28,29)30;/h6,8,10H,1-5H2,(H2,17,18)(H,19,23)(H,25,26)(H,28,29,30);/q;+1/p-1/b20-9-;/t8-,10+;/m1./s1. The number of nitrogen functional groups attached to an aromatic ring is 1. The molecule has 1 aliphatic carbocycles. The molecule has 35 heavy (non-hydrogen) atoms. The van der Waals surface area contributed by atoms with Gasteiger partial charge >= 0.3 is 46.0 Å². The Morgan fingerprint density at radius 2 is 2.11 bits per heavy atom. The second kappa shape index (κ2) is 9.86. The van der Waals surface area contributed by atoms with Crippen molar-refractivity contribution in [2.75, 3.05) is 25.4 Å². The van der Waals surface area contributed by atoms with Gasteiger partial charge in [0.2, 0.25) is 0 Å². The molecule has 0 spiro atoms. The van der Waals surface area contributed by atoms with Gasteiger partial charge in [0, 0.05) is 11.9 Å². The summed E-state index contributed by atoms with van der Waals surface area (Å²) in [6.45, 7) is -0.217. The van der Waals surface area contributed by atoms with Crippen molar-refractivity contribution in [2.24, 2.45) is 5.16 Å². The maximum atomic E-state index is 13.0. The molecule has 16 nitrogen and oxygen atoms in total. The van der Waals surface area contributed by atoms with Gasteiger partial charge in [-0.05, 0) is 12.8 Å². The van der Waals surface area contributed by atoms with Gasteiger partial charge in [0.25, 0.3) is 11.8 Å². The van der Waals surface area contributed by atoms with E-state index < -0.39 is 57.6 Å². The predicted octanol–water partition coefficient (Wildman–Crippen LogP) is -6.32. The van der Waals surface area contributed by atoms with Crippen LogP contribution >= 0.6 is 11.3 Å². The van der Waals surface area contributed by atoms with Crippen LogP contribution in [0.4, 0.5) is 9.93 Å². The number of aliphatic carboxylic acids is 1. The Morgan fingerprint density at radius 1 is 1.43 bits per heavy atom. The summed E-state index contributed by atoms with van der Waals surface area (Å²) in [5, 5.41) is 18.5. The van der Waals surface area contributed by atoms with E-state index in [-0.39, 0.29) is 77.2 Å². The number of carbonyl (C=O) groups is 4. The average molecular weight is 540 g/mol. The number of amides is 3. The summed E-state index contributed by atoms with van der Waals surface area (Å²) in [7, 11) is -4.99. The molecule has 1 aromatic heterocycles. The monoisotopic (exact) mass is 540 g/mol. The van der Waals surface area contributed by atoms with Gasteiger partial charge in [-0.1, -0.05) is 5.16 Å². The number of carbonyl (C=O) groups excluding carboxylic acids is 4. The molecule has 0 radical (unpaired) electrons. The molecule has 4 rings (SSSR count). The largest absolute Gasteiger partial charge is 1.00 e. The summed E-state index contributed by atoms with van der Waals surface area (Å²) in [5.74, 6) is -3.76. The van der Waals surface area contributed by atoms with Crippen molar-refractivity contribution < 1.29 is 76.4 Å². The van der Waals surface area contributed by atoms with Gasteiger partial charge < -0.3 is 35.4 Å². The molecule has 3 aliphatic rings. The fourth-order valence-corrected chi connectivity index (χ4v) is 4.77. The van der Waals surface area contributed by atoms with Crippen molar-refractivity contribution in [1.82, 2.24) is 19.5 Å². The van der Waals surface area contributed by atoms with E-state index in [4.69, 9.17) is 15.3 Å². The Kier molecular flexibility index (Phi) is 7.63. The zero-order valence-corrected chi connectivity index (χ0v) is 21.7. The molecule has 2 saturated heterocycles. The minimum Gasteiger partial charge on any atom is -0.546 e. The van der Waals surface area contributed by atoms with Crippen molar-refractivity contribution >= 4 is 56.4 Å². The molecule has 4 N–H and O–H groups in total. The zero-order chi connectivity index (χ0) is 24.8. The Balaban J connectivity index is 0.00000342. The smallest absolute Gasteiger partial charge is 0.546 e. The van der Waals surface area contributed by atoms with Gasteiger partial charge in [-0.3, -0.25) is 14.1 Å². The first-order chi connectivity index (χ1) is 15.9. The first-order valence-corrected chi connectivity index (χ1v) is 11.9. The van der Waals surface area contributed by atoms with E-state index in [0.717, 1.165) is 16.2 Å². The van der Waals surface area contributed by atoms with Crippen LogP contribution in [0, 0.1) is 0 Å². The SMILES string of the molecule is Nc1nc(/C(=N/OC2(C(=O)[O-])CC2)C(=O)N[C@@H]2C(=O)N(S(=O)(=O)O)[C@@H]2CN2CCOC2=O)cs1.[Na+]. The number of hydrogen-bond donors (Lipinski definition) is 3. The predicted molar refractivity (Wildman–Crippen MR) is 108 cm³/mol. The molecule has 0 bridgehead atoms. The number of β-lactam (4-membered cyclic amide) rings is 1. The number of cyclic esters (lactones) is 1. The van der Waals surface area contributed by atoms with Crippen LogP contribution in [0.1, 0.15) is 18.5 Å². The number of oxime groups is 1. The topological polar surface area (TPSA) is 234 Å². The summed E-state index contributed by atoms with van der Waals surface area (Å²) in [6.07, 6.45) is -0.554. The maximum Gasteiger partial charge on any atom is 1.00 e. The van der Waals surface area contributed by atoms with Crippen molar-refractivity contribution in [1.29, 1.82) is 0 Å². The van der Waals surface area contributed by atoms with E-state index in [1.165, 1.54) is 5.38 Å². The van der Waals surface area contributed by atoms with Gasteiger partial charge in [-0.25, -0.2) is 14.1 Å². The molecular formula is C16H17N6NaO10S2. The van der Waals surface area contributed by atoms with Crippen molar-refractivity contribution in [3.05, 3.63) is 11.1 Å². The number of ether oxygens (including phenoxy) is 1. The first-order valence-electron chi connectivity index (χ1n) is 9.65. The van der Waals surface area contributed by atoms with Crippen LogP contribution in [0.3, 0.4) is 0 Å². The van der Waals surface area contributed by atoms with Crippen molar-refractivity contribution in [3.8, 4) is 0 Å². The first kappa shape index (κ1) is 27.1. The molecule has 0 aromatic carbocycles. The molecule has 184 valence electrons. The van der Waals surface area contributed by atoms with E-state index in [9.17, 15) is 37.3 Å². The molecular weight excluding hydrogens is 523 g/mol. The minimum absolute atomic E-state index is 0. The van der Waals surface area contributed by atoms with Crippen LogP contribution in [0.5, 0.6) is 0 Å². The number of nitrogens with one attached hydrogen (secondary N) is 1. The van der Waals surface area contributed by atoms with Gasteiger partial charge in [0.15, 0.2) is 16.4 Å². The average Bonchev–Trinajstić information content (AvgIpc) is 3.26. The van der Waals surface area contributed by atoms with Crippen LogP contribution in [0.15, 0.2) is 10.5 Å². The quantitative estimate of drug-likeness (QED) is 0.0872. The molecule has 3 heterocycles. The minimum atomic E-state index is -4.99. The number of carboxylic acid groups (broad SMARTS) is 1. The van der Waals surface area contributed by atoms with Crippen LogP contribution in [-0.2, 0) is 34.3 Å². The summed E-state index contributed by atoms with van der Waals surface area (Å²) in [6, 6.07) is -2.84. The number of nitrogens with two attached hydrogens (primary N) is 1. The van der Waals surface area contributed by atoms with E-state index in [1.807, 2.05) is 0 Å². The zero-order valence-electron chi connectivity index (χ0n) is 18.1. The number of carboxylic acids is 1. The number of hydrogen-bond acceptors (Lipinski definition) is 13. The number of thiazole rings is 1. The Morgan fingerprint density at radius 3 is 2.60 bits per heavy atom. The summed E-state index contributed by atoms with van der Waals surface area (Å²) in [5.41, 5.74) is 3.27. The van der Waals surface area contributed by atoms with E-state index in [1.54, 1.807) is 0 Å². The second-order valence-corrected chi connectivity index (χ2v) is 9.75. The number of nitrogens with zero attached hydrogens (tertiary/aromatic N) is 4. The molecule has 19 heteroatoms. The van der Waals surface area contributed by atoms with Gasteiger partial charge in [0.1, 0.15) is 18.3 Å². The van der Waals surface area contributed by atoms with Crippen molar-refractivity contribution in [2.45, 2.75) is 30.5 Å². The van der Waals surface area contributed by atoms with Crippen LogP contribution in [0.25, 0.3) is 0 Å². The third-order valence-corrected chi connectivity index (χ3v) is 6.95. The summed E-state index contributed by atoms with van der Waals surface area (Å²) >= 11 is 0.946. The van der Waals surface area contributed by atoms with E-state index in [0.29, 0.717) is 0 Å². The maximum absolute atomic E-state index is 13.0. The molecule has 1 aromatic rings. The van der Waals surface area contributed by atoms with Gasteiger partial charge in [0.05, 0.1) is 18.6 Å². The normalized spacial score (nSPS) is 23.2. The van der Waals surface area contributed by atoms with Crippen LogP contribution in [0.2, 0.25) is 0 Å². The Bertz CT molecular complexity index is 1200. The van der Waals surface area contributed by atoms with E-state index >= 15 is 0 Å². The molecule has 3 fully saturated rings. The molecule has 2 aliphatic heterocycles. The summed E-state index contributed by atoms with van der Waals surface area (Å²) in [4.78, 5) is 58.4. The van der Waals surface area contributed by atoms with E-state index in [2.05, 4.69) is 15.5 Å². The molecule has 2 atom stereocenters. The molecule has 0 unspecified atom stereocenters. The Hall–Kier alpha value is -2.51. The molecule has 3 amide bonds.